The summed E-state index contributed by atoms with van der Waals surface area (Å²) in [6, 6.07) is 13.6. The maximum atomic E-state index is 12.6. The molecule has 0 saturated carbocycles. The van der Waals surface area contributed by atoms with E-state index in [-0.39, 0.29) is 5.91 Å². The second-order valence-electron chi connectivity index (χ2n) is 6.94. The van der Waals surface area contributed by atoms with E-state index >= 15 is 0 Å². The van der Waals surface area contributed by atoms with Gasteiger partial charge < -0.3 is 4.74 Å². The number of hydrogen-bond donors (Lipinski definition) is 1. The SMILES string of the molecule is CCCCCOc1cccc(C(=O)Nc2nc3ccc(C(C)C)cc3s2)c1. The highest BCUT2D eigenvalue weighted by Crippen LogP contribution is 2.29. The third-order valence-corrected chi connectivity index (χ3v) is 5.35. The third-order valence-electron chi connectivity index (χ3n) is 4.41. The fraction of sp³-hybridized carbons (Fsp3) is 0.364. The van der Waals surface area contributed by atoms with Gasteiger partial charge >= 0.3 is 0 Å². The lowest BCUT2D eigenvalue weighted by atomic mass is 10.0. The Morgan fingerprint density at radius 3 is 2.81 bits per heavy atom. The van der Waals surface area contributed by atoms with Crippen molar-refractivity contribution in [3.63, 3.8) is 0 Å². The van der Waals surface area contributed by atoms with Crippen molar-refractivity contribution >= 4 is 32.6 Å². The number of nitrogens with zero attached hydrogens (tertiary/aromatic N) is 1. The van der Waals surface area contributed by atoms with Crippen LogP contribution in [0.15, 0.2) is 42.5 Å². The van der Waals surface area contributed by atoms with Crippen LogP contribution in [0.4, 0.5) is 5.13 Å². The molecule has 1 amide bonds. The van der Waals surface area contributed by atoms with Gasteiger partial charge in [0.05, 0.1) is 16.8 Å². The number of thiazole rings is 1. The van der Waals surface area contributed by atoms with Crippen LogP contribution >= 0.6 is 11.3 Å². The van der Waals surface area contributed by atoms with Crippen LogP contribution in [0, 0.1) is 0 Å². The largest absolute Gasteiger partial charge is 0.494 e. The lowest BCUT2D eigenvalue weighted by Crippen LogP contribution is -2.11. The zero-order chi connectivity index (χ0) is 19.2. The average Bonchev–Trinajstić information content (AvgIpc) is 3.06. The maximum absolute atomic E-state index is 12.6. The number of anilines is 1. The molecule has 1 N–H and O–H groups in total. The van der Waals surface area contributed by atoms with E-state index in [0.29, 0.717) is 23.2 Å². The van der Waals surface area contributed by atoms with Crippen LogP contribution in [0.25, 0.3) is 10.2 Å². The summed E-state index contributed by atoms with van der Waals surface area (Å²) in [6.07, 6.45) is 3.33. The lowest BCUT2D eigenvalue weighted by molar-refractivity contribution is 0.102. The first-order valence-corrected chi connectivity index (χ1v) is 10.3. The Bertz CT molecular complexity index is 918. The number of unbranched alkanes of at least 4 members (excludes halogenated alkanes) is 2. The smallest absolute Gasteiger partial charge is 0.257 e. The Morgan fingerprint density at radius 1 is 1.19 bits per heavy atom. The number of hydrogen-bond acceptors (Lipinski definition) is 4. The van der Waals surface area contributed by atoms with Gasteiger partial charge in [0.25, 0.3) is 5.91 Å². The average molecular weight is 383 g/mol. The second-order valence-corrected chi connectivity index (χ2v) is 7.97. The number of fused-ring (bicyclic) bond motifs is 1. The molecule has 5 heteroatoms. The van der Waals surface area contributed by atoms with E-state index in [2.05, 4.69) is 43.2 Å². The van der Waals surface area contributed by atoms with Crippen LogP contribution in [0.2, 0.25) is 0 Å². The van der Waals surface area contributed by atoms with Gasteiger partial charge in [-0.2, -0.15) is 0 Å². The summed E-state index contributed by atoms with van der Waals surface area (Å²) in [5.74, 6) is 1.02. The molecule has 0 aliphatic carbocycles. The summed E-state index contributed by atoms with van der Waals surface area (Å²) in [6.45, 7) is 7.18. The van der Waals surface area contributed by atoms with Crippen molar-refractivity contribution in [2.24, 2.45) is 0 Å². The zero-order valence-electron chi connectivity index (χ0n) is 16.1. The van der Waals surface area contributed by atoms with Crippen molar-refractivity contribution in [1.82, 2.24) is 4.98 Å². The Morgan fingerprint density at radius 2 is 2.04 bits per heavy atom. The van der Waals surface area contributed by atoms with Gasteiger partial charge in [0.1, 0.15) is 5.75 Å². The van der Waals surface area contributed by atoms with Crippen LogP contribution in [-0.2, 0) is 0 Å². The number of carbonyl (C=O) groups is 1. The van der Waals surface area contributed by atoms with E-state index in [0.717, 1.165) is 35.2 Å². The highest BCUT2D eigenvalue weighted by molar-refractivity contribution is 7.22. The monoisotopic (exact) mass is 382 g/mol. The number of benzene rings is 2. The van der Waals surface area contributed by atoms with Crippen molar-refractivity contribution in [2.75, 3.05) is 11.9 Å². The lowest BCUT2D eigenvalue weighted by Gasteiger charge is -2.07. The molecule has 27 heavy (non-hydrogen) atoms. The highest BCUT2D eigenvalue weighted by Gasteiger charge is 2.12. The van der Waals surface area contributed by atoms with Crippen LogP contribution in [0.3, 0.4) is 0 Å². The predicted molar refractivity (Wildman–Crippen MR) is 113 cm³/mol. The molecule has 0 fully saturated rings. The fourth-order valence-electron chi connectivity index (χ4n) is 2.79. The van der Waals surface area contributed by atoms with E-state index in [1.807, 2.05) is 18.2 Å². The molecule has 3 aromatic rings. The molecule has 0 aliphatic rings. The molecule has 0 unspecified atom stereocenters. The number of aromatic nitrogens is 1. The predicted octanol–water partition coefficient (Wildman–Crippen LogP) is 6.24. The van der Waals surface area contributed by atoms with E-state index in [4.69, 9.17) is 4.74 Å². The summed E-state index contributed by atoms with van der Waals surface area (Å²) >= 11 is 1.50. The Hall–Kier alpha value is -2.40. The van der Waals surface area contributed by atoms with Crippen molar-refractivity contribution in [2.45, 2.75) is 46.0 Å². The fourth-order valence-corrected chi connectivity index (χ4v) is 3.70. The van der Waals surface area contributed by atoms with E-state index in [1.54, 1.807) is 12.1 Å². The molecule has 3 rings (SSSR count). The van der Waals surface area contributed by atoms with Crippen molar-refractivity contribution in [1.29, 1.82) is 0 Å². The Labute approximate surface area is 164 Å². The van der Waals surface area contributed by atoms with Gasteiger partial charge in [0.2, 0.25) is 0 Å². The Balaban J connectivity index is 1.68. The summed E-state index contributed by atoms with van der Waals surface area (Å²) in [5, 5.41) is 3.53. The summed E-state index contributed by atoms with van der Waals surface area (Å²) in [5.41, 5.74) is 2.76. The highest BCUT2D eigenvalue weighted by atomic mass is 32.1. The normalized spacial score (nSPS) is 11.1. The maximum Gasteiger partial charge on any atom is 0.257 e. The molecule has 0 aliphatic heterocycles. The van der Waals surface area contributed by atoms with Gasteiger partial charge in [-0.05, 0) is 48.2 Å². The summed E-state index contributed by atoms with van der Waals surface area (Å²) in [4.78, 5) is 17.1. The minimum atomic E-state index is -0.169. The molecule has 0 saturated heterocycles. The molecule has 1 aromatic heterocycles. The van der Waals surface area contributed by atoms with E-state index in [9.17, 15) is 4.79 Å². The van der Waals surface area contributed by atoms with E-state index < -0.39 is 0 Å². The molecule has 0 bridgehead atoms. The van der Waals surface area contributed by atoms with Crippen molar-refractivity contribution in [3.05, 3.63) is 53.6 Å². The number of ether oxygens (including phenoxy) is 1. The number of rotatable bonds is 8. The molecule has 0 spiro atoms. The van der Waals surface area contributed by atoms with E-state index in [1.165, 1.54) is 16.9 Å². The minimum absolute atomic E-state index is 0.169. The Kier molecular flexibility index (Phi) is 6.45. The molecule has 1 heterocycles. The topological polar surface area (TPSA) is 51.2 Å². The zero-order valence-corrected chi connectivity index (χ0v) is 16.9. The summed E-state index contributed by atoms with van der Waals surface area (Å²) < 4.78 is 6.83. The van der Waals surface area contributed by atoms with Gasteiger partial charge in [0.15, 0.2) is 5.13 Å². The summed E-state index contributed by atoms with van der Waals surface area (Å²) in [7, 11) is 0. The van der Waals surface area contributed by atoms with Gasteiger partial charge in [-0.15, -0.1) is 0 Å². The standard InChI is InChI=1S/C22H26N2O2S/c1-4-5-6-12-26-18-9-7-8-17(13-18)21(25)24-22-23-19-11-10-16(15(2)3)14-20(19)27-22/h7-11,13-15H,4-6,12H2,1-3H3,(H,23,24,25). The number of carbonyl (C=O) groups excluding carboxylic acids is 1. The number of amides is 1. The second kappa shape index (κ2) is 9.00. The molecule has 142 valence electrons. The van der Waals surface area contributed by atoms with Crippen LogP contribution < -0.4 is 10.1 Å². The van der Waals surface area contributed by atoms with Crippen LogP contribution in [0.1, 0.15) is 61.9 Å². The number of nitrogens with one attached hydrogen (secondary N) is 1. The first-order valence-electron chi connectivity index (χ1n) is 9.51. The van der Waals surface area contributed by atoms with Gasteiger partial charge in [-0.3, -0.25) is 10.1 Å². The molecular weight excluding hydrogens is 356 g/mol. The van der Waals surface area contributed by atoms with Gasteiger partial charge in [-0.1, -0.05) is 57.1 Å². The van der Waals surface area contributed by atoms with Gasteiger partial charge in [-0.25, -0.2) is 4.98 Å². The van der Waals surface area contributed by atoms with Gasteiger partial charge in [0, 0.05) is 5.56 Å². The first kappa shape index (κ1) is 19.4. The quantitative estimate of drug-likeness (QED) is 0.469. The molecular formula is C22H26N2O2S. The minimum Gasteiger partial charge on any atom is -0.494 e. The first-order chi connectivity index (χ1) is 13.1. The van der Waals surface area contributed by atoms with Crippen molar-refractivity contribution < 1.29 is 9.53 Å². The third kappa shape index (κ3) is 5.07. The molecule has 4 nitrogen and oxygen atoms in total. The van der Waals surface area contributed by atoms with Crippen molar-refractivity contribution in [3.8, 4) is 5.75 Å². The molecule has 2 aromatic carbocycles. The van der Waals surface area contributed by atoms with Crippen LogP contribution in [0.5, 0.6) is 5.75 Å². The molecule has 0 atom stereocenters. The van der Waals surface area contributed by atoms with Crippen LogP contribution in [-0.4, -0.2) is 17.5 Å². The molecule has 0 radical (unpaired) electrons.